The third kappa shape index (κ3) is 3.38. The molecule has 49 heavy (non-hydrogen) atoms. The highest BCUT2D eigenvalue weighted by atomic mass is 31.2. The van der Waals surface area contributed by atoms with Crippen LogP contribution < -0.4 is 31.8 Å². The number of pyridine rings is 1. The van der Waals surface area contributed by atoms with Gasteiger partial charge < -0.3 is 9.13 Å². The van der Waals surface area contributed by atoms with Crippen molar-refractivity contribution in [2.24, 2.45) is 0 Å². The number of nitrogens with zero attached hydrogens (tertiary/aromatic N) is 2. The zero-order valence-corrected chi connectivity index (χ0v) is 27.9. The Morgan fingerprint density at radius 3 is 1.41 bits per heavy atom. The van der Waals surface area contributed by atoms with Gasteiger partial charge in [-0.3, -0.25) is 4.40 Å². The van der Waals surface area contributed by atoms with E-state index in [2.05, 4.69) is 59.0 Å². The largest absolute Gasteiger partial charge is 0.309 e. The van der Waals surface area contributed by atoms with Crippen LogP contribution in [0.15, 0.2) is 158 Å². The van der Waals surface area contributed by atoms with Gasteiger partial charge in [0.25, 0.3) is 0 Å². The molecule has 2 aromatic heterocycles. The second kappa shape index (κ2) is 9.55. The number of imidazole rings is 1. The average Bonchev–Trinajstić information content (AvgIpc) is 3.78. The first-order valence-electron chi connectivity index (χ1n) is 16.4. The lowest BCUT2D eigenvalue weighted by molar-refractivity contribution is 0.592. The van der Waals surface area contributed by atoms with Crippen molar-refractivity contribution >= 4 is 84.5 Å². The lowest BCUT2D eigenvalue weighted by Gasteiger charge is -2.19. The standard InChI is InChI=1S/C43H26N2O2P2/c46-48(39-17-7-1-11-30(39)31-12-2-8-18-40(31)48)27-22-24-34-35(25-27)29-23-21-28(26-38(29)45-37-16-6-5-15-36(37)44-43(34)45)49(47)41-19-9-3-13-32(41)33-14-4-10-20-42(33)49/h1-26H. The lowest BCUT2D eigenvalue weighted by Crippen LogP contribution is -2.21. The maximum Gasteiger partial charge on any atom is 0.172 e. The Bertz CT molecular complexity index is 2930. The molecule has 2 aliphatic heterocycles. The van der Waals surface area contributed by atoms with E-state index < -0.39 is 14.3 Å². The van der Waals surface area contributed by atoms with Crippen LogP contribution in [0.4, 0.5) is 0 Å². The summed E-state index contributed by atoms with van der Waals surface area (Å²) in [6.45, 7) is 0. The van der Waals surface area contributed by atoms with E-state index in [0.717, 1.165) is 92.4 Å². The summed E-state index contributed by atoms with van der Waals surface area (Å²) in [7, 11) is -6.33. The molecular formula is C43H26N2O2P2. The molecule has 6 heteroatoms. The summed E-state index contributed by atoms with van der Waals surface area (Å²) < 4.78 is 33.2. The Morgan fingerprint density at radius 2 is 0.857 bits per heavy atom. The van der Waals surface area contributed by atoms with Crippen LogP contribution in [0.2, 0.25) is 0 Å². The van der Waals surface area contributed by atoms with Gasteiger partial charge in [-0.1, -0.05) is 127 Å². The predicted molar refractivity (Wildman–Crippen MR) is 204 cm³/mol. The minimum absolute atomic E-state index is 0.790. The van der Waals surface area contributed by atoms with E-state index in [-0.39, 0.29) is 0 Å². The van der Waals surface area contributed by atoms with Gasteiger partial charge in [0.05, 0.1) is 16.6 Å². The van der Waals surface area contributed by atoms with Crippen LogP contribution in [0.25, 0.3) is 60.6 Å². The first-order valence-corrected chi connectivity index (χ1v) is 19.9. The van der Waals surface area contributed by atoms with Crippen molar-refractivity contribution < 1.29 is 9.13 Å². The molecule has 4 heterocycles. The van der Waals surface area contributed by atoms with Crippen LogP contribution in [0.3, 0.4) is 0 Å². The molecular weight excluding hydrogens is 638 g/mol. The summed E-state index contributed by atoms with van der Waals surface area (Å²) in [6.07, 6.45) is 0. The number of aromatic nitrogens is 2. The zero-order chi connectivity index (χ0) is 32.5. The third-order valence-corrected chi connectivity index (χ3v) is 16.9. The van der Waals surface area contributed by atoms with Gasteiger partial charge in [0.2, 0.25) is 0 Å². The minimum Gasteiger partial charge on any atom is -0.309 e. The van der Waals surface area contributed by atoms with E-state index in [9.17, 15) is 0 Å². The Hall–Kier alpha value is -5.53. The smallest absolute Gasteiger partial charge is 0.172 e. The van der Waals surface area contributed by atoms with Crippen molar-refractivity contribution in [1.82, 2.24) is 9.38 Å². The molecule has 0 radical (unpaired) electrons. The van der Waals surface area contributed by atoms with Crippen molar-refractivity contribution in [2.45, 2.75) is 0 Å². The van der Waals surface area contributed by atoms with Gasteiger partial charge in [-0.2, -0.15) is 0 Å². The fraction of sp³-hybridized carbons (Fsp3) is 0. The Labute approximate surface area is 282 Å². The molecule has 0 fully saturated rings. The number of para-hydroxylation sites is 2. The molecule has 230 valence electrons. The van der Waals surface area contributed by atoms with Crippen LogP contribution in [0, 0.1) is 0 Å². The highest BCUT2D eigenvalue weighted by Gasteiger charge is 2.41. The summed E-state index contributed by atoms with van der Waals surface area (Å²) in [5, 5.41) is 8.06. The summed E-state index contributed by atoms with van der Waals surface area (Å²) in [5.41, 5.74) is 7.76. The van der Waals surface area contributed by atoms with Crippen molar-refractivity contribution in [3.63, 3.8) is 0 Å². The van der Waals surface area contributed by atoms with E-state index >= 15 is 9.13 Å². The summed E-state index contributed by atoms with van der Waals surface area (Å²) >= 11 is 0. The molecule has 2 aliphatic rings. The van der Waals surface area contributed by atoms with Crippen LogP contribution in [-0.2, 0) is 9.13 Å². The van der Waals surface area contributed by atoms with E-state index in [1.807, 2.05) is 103 Å². The second-order valence-corrected chi connectivity index (χ2v) is 18.4. The SMILES string of the molecule is O=P1(c2ccc3c(c2)c2ccc(P4(=O)c5ccccc5-c5ccccc54)cc2n2c4ccccc4nc32)c2ccccc2-c2ccccc21. The number of fused-ring (bicyclic) bond motifs is 14. The Balaban J connectivity index is 1.24. The molecule has 0 unspecified atom stereocenters. The maximum absolute atomic E-state index is 15.5. The monoisotopic (exact) mass is 664 g/mol. The Kier molecular flexibility index (Phi) is 5.34. The van der Waals surface area contributed by atoms with Gasteiger partial charge in [0, 0.05) is 42.6 Å². The van der Waals surface area contributed by atoms with Crippen LogP contribution in [0.5, 0.6) is 0 Å². The highest BCUT2D eigenvalue weighted by molar-refractivity contribution is 7.87. The second-order valence-electron chi connectivity index (χ2n) is 13.0. The first kappa shape index (κ1) is 27.4. The van der Waals surface area contributed by atoms with Gasteiger partial charge in [0.1, 0.15) is 5.65 Å². The molecule has 11 rings (SSSR count). The van der Waals surface area contributed by atoms with Crippen molar-refractivity contribution in [1.29, 1.82) is 0 Å². The van der Waals surface area contributed by atoms with E-state index in [1.54, 1.807) is 0 Å². The summed E-state index contributed by atoms with van der Waals surface area (Å²) in [4.78, 5) is 5.15. The number of benzene rings is 7. The number of hydrogen-bond donors (Lipinski definition) is 0. The maximum atomic E-state index is 15.5. The van der Waals surface area contributed by atoms with Gasteiger partial charge in [-0.25, -0.2) is 4.98 Å². The molecule has 0 saturated heterocycles. The topological polar surface area (TPSA) is 51.4 Å². The highest BCUT2D eigenvalue weighted by Crippen LogP contribution is 2.54. The first-order chi connectivity index (χ1) is 24.1. The fourth-order valence-corrected chi connectivity index (χ4v) is 14.6. The quantitative estimate of drug-likeness (QED) is 0.139. The molecule has 0 aliphatic carbocycles. The van der Waals surface area contributed by atoms with E-state index in [1.165, 1.54) is 0 Å². The van der Waals surface area contributed by atoms with Crippen LogP contribution >= 0.6 is 14.3 Å². The van der Waals surface area contributed by atoms with Crippen LogP contribution in [-0.4, -0.2) is 9.38 Å². The van der Waals surface area contributed by atoms with Gasteiger partial charge in [-0.15, -0.1) is 0 Å². The van der Waals surface area contributed by atoms with Crippen molar-refractivity contribution in [3.05, 3.63) is 158 Å². The molecule has 0 atom stereocenters. The Morgan fingerprint density at radius 1 is 0.408 bits per heavy atom. The summed E-state index contributed by atoms with van der Waals surface area (Å²) in [5.74, 6) is 0. The minimum atomic E-state index is -3.18. The van der Waals surface area contributed by atoms with Gasteiger partial charge in [-0.05, 0) is 58.0 Å². The third-order valence-electron chi connectivity index (χ3n) is 10.6. The zero-order valence-electron chi connectivity index (χ0n) is 26.1. The van der Waals surface area contributed by atoms with Gasteiger partial charge in [0.15, 0.2) is 14.3 Å². The van der Waals surface area contributed by atoms with Crippen molar-refractivity contribution in [2.75, 3.05) is 0 Å². The van der Waals surface area contributed by atoms with E-state index in [4.69, 9.17) is 4.98 Å². The molecule has 0 spiro atoms. The molecule has 7 aromatic carbocycles. The molecule has 9 aromatic rings. The fourth-order valence-electron chi connectivity index (χ4n) is 8.44. The molecule has 0 N–H and O–H groups in total. The van der Waals surface area contributed by atoms with E-state index in [0.29, 0.717) is 0 Å². The normalized spacial score (nSPS) is 15.0. The van der Waals surface area contributed by atoms with Gasteiger partial charge >= 0.3 is 0 Å². The molecule has 4 nitrogen and oxygen atoms in total. The molecule has 0 amide bonds. The van der Waals surface area contributed by atoms with Crippen LogP contribution in [0.1, 0.15) is 0 Å². The number of hydrogen-bond acceptors (Lipinski definition) is 3. The summed E-state index contributed by atoms with van der Waals surface area (Å²) in [6, 6.07) is 53.1. The lowest BCUT2D eigenvalue weighted by atomic mass is 10.1. The van der Waals surface area contributed by atoms with Crippen molar-refractivity contribution in [3.8, 4) is 22.3 Å². The number of rotatable bonds is 2. The average molecular weight is 665 g/mol. The predicted octanol–water partition coefficient (Wildman–Crippen LogP) is 8.03. The molecule has 0 saturated carbocycles. The molecule has 0 bridgehead atoms.